The Kier molecular flexibility index (Phi) is 3.72. The summed E-state index contributed by atoms with van der Waals surface area (Å²) < 4.78 is 0. The SMILES string of the molecule is CCC1(C)C(NC)CC1c1ccc(Cl)cc1Cl. The lowest BCUT2D eigenvalue weighted by molar-refractivity contribution is 0.0495. The summed E-state index contributed by atoms with van der Waals surface area (Å²) in [5, 5.41) is 4.92. The summed E-state index contributed by atoms with van der Waals surface area (Å²) in [7, 11) is 2.04. The first-order chi connectivity index (χ1) is 8.02. The van der Waals surface area contributed by atoms with Gasteiger partial charge in [0, 0.05) is 16.1 Å². The molecule has 0 aromatic heterocycles. The van der Waals surface area contributed by atoms with Crippen molar-refractivity contribution in [3.8, 4) is 0 Å². The number of halogens is 2. The van der Waals surface area contributed by atoms with Gasteiger partial charge in [0.2, 0.25) is 0 Å². The van der Waals surface area contributed by atoms with E-state index in [1.807, 2.05) is 19.2 Å². The van der Waals surface area contributed by atoms with Crippen LogP contribution in [0.25, 0.3) is 0 Å². The molecule has 1 aromatic carbocycles. The fourth-order valence-electron chi connectivity index (χ4n) is 3.06. The van der Waals surface area contributed by atoms with Crippen molar-refractivity contribution in [1.29, 1.82) is 0 Å². The second kappa shape index (κ2) is 4.79. The fourth-order valence-corrected chi connectivity index (χ4v) is 3.60. The number of rotatable bonds is 3. The van der Waals surface area contributed by atoms with Gasteiger partial charge in [0.05, 0.1) is 0 Å². The molecule has 3 unspecified atom stereocenters. The minimum absolute atomic E-state index is 0.298. The summed E-state index contributed by atoms with van der Waals surface area (Å²) in [4.78, 5) is 0. The van der Waals surface area contributed by atoms with E-state index >= 15 is 0 Å². The quantitative estimate of drug-likeness (QED) is 0.855. The minimum atomic E-state index is 0.298. The molecule has 0 heterocycles. The van der Waals surface area contributed by atoms with Crippen molar-refractivity contribution in [3.63, 3.8) is 0 Å². The van der Waals surface area contributed by atoms with E-state index in [0.29, 0.717) is 22.4 Å². The third-order valence-electron chi connectivity index (χ3n) is 4.51. The van der Waals surface area contributed by atoms with Crippen LogP contribution >= 0.6 is 23.2 Å². The molecule has 0 radical (unpaired) electrons. The topological polar surface area (TPSA) is 12.0 Å². The predicted molar refractivity (Wildman–Crippen MR) is 75.1 cm³/mol. The van der Waals surface area contributed by atoms with Gasteiger partial charge in [-0.1, -0.05) is 43.1 Å². The molecule has 3 heteroatoms. The van der Waals surface area contributed by atoms with Crippen molar-refractivity contribution in [2.75, 3.05) is 7.05 Å². The third kappa shape index (κ3) is 2.09. The Labute approximate surface area is 114 Å². The highest BCUT2D eigenvalue weighted by Gasteiger charge is 2.50. The molecule has 1 nitrogen and oxygen atoms in total. The standard InChI is InChI=1S/C14H19Cl2N/c1-4-14(2)11(8-13(14)17-3)10-6-5-9(15)7-12(10)16/h5-7,11,13,17H,4,8H2,1-3H3. The number of hydrogen-bond donors (Lipinski definition) is 1. The summed E-state index contributed by atoms with van der Waals surface area (Å²) in [6.07, 6.45) is 2.31. The van der Waals surface area contributed by atoms with Gasteiger partial charge in [-0.2, -0.15) is 0 Å². The highest BCUT2D eigenvalue weighted by molar-refractivity contribution is 6.35. The van der Waals surface area contributed by atoms with Gasteiger partial charge in [-0.25, -0.2) is 0 Å². The molecule has 1 aliphatic rings. The molecular weight excluding hydrogens is 253 g/mol. The average Bonchev–Trinajstić information content (AvgIpc) is 2.30. The number of benzene rings is 1. The van der Waals surface area contributed by atoms with E-state index in [4.69, 9.17) is 23.2 Å². The molecule has 94 valence electrons. The van der Waals surface area contributed by atoms with Crippen LogP contribution in [0.15, 0.2) is 18.2 Å². The van der Waals surface area contributed by atoms with Crippen LogP contribution < -0.4 is 5.32 Å². The molecule has 0 aliphatic heterocycles. The Hall–Kier alpha value is -0.240. The molecule has 0 bridgehead atoms. The van der Waals surface area contributed by atoms with E-state index in [1.54, 1.807) is 0 Å². The molecule has 17 heavy (non-hydrogen) atoms. The van der Waals surface area contributed by atoms with Crippen LogP contribution in [0.4, 0.5) is 0 Å². The van der Waals surface area contributed by atoms with Gasteiger partial charge >= 0.3 is 0 Å². The maximum absolute atomic E-state index is 6.31. The van der Waals surface area contributed by atoms with Crippen LogP contribution in [0.5, 0.6) is 0 Å². The molecule has 3 atom stereocenters. The van der Waals surface area contributed by atoms with Crippen LogP contribution in [0.1, 0.15) is 38.2 Å². The Morgan fingerprint density at radius 1 is 1.41 bits per heavy atom. The number of hydrogen-bond acceptors (Lipinski definition) is 1. The molecule has 2 rings (SSSR count). The third-order valence-corrected chi connectivity index (χ3v) is 5.07. The smallest absolute Gasteiger partial charge is 0.0455 e. The van der Waals surface area contributed by atoms with Gasteiger partial charge in [0.1, 0.15) is 0 Å². The molecule has 0 amide bonds. The lowest BCUT2D eigenvalue weighted by atomic mass is 9.54. The van der Waals surface area contributed by atoms with Crippen LogP contribution in [0, 0.1) is 5.41 Å². The summed E-state index contributed by atoms with van der Waals surface area (Å²) in [5.41, 5.74) is 1.54. The zero-order chi connectivity index (χ0) is 12.6. The highest BCUT2D eigenvalue weighted by atomic mass is 35.5. The zero-order valence-corrected chi connectivity index (χ0v) is 12.1. The zero-order valence-electron chi connectivity index (χ0n) is 10.6. The summed E-state index contributed by atoms with van der Waals surface area (Å²) in [5.74, 6) is 0.537. The van der Waals surface area contributed by atoms with Gasteiger partial charge < -0.3 is 5.32 Å². The van der Waals surface area contributed by atoms with E-state index in [1.165, 1.54) is 5.56 Å². The van der Waals surface area contributed by atoms with E-state index < -0.39 is 0 Å². The monoisotopic (exact) mass is 271 g/mol. The van der Waals surface area contributed by atoms with E-state index in [0.717, 1.165) is 17.9 Å². The van der Waals surface area contributed by atoms with Crippen LogP contribution in [-0.2, 0) is 0 Å². The molecule has 1 fully saturated rings. The average molecular weight is 272 g/mol. The summed E-state index contributed by atoms with van der Waals surface area (Å²) in [6.45, 7) is 4.59. The van der Waals surface area contributed by atoms with E-state index in [9.17, 15) is 0 Å². The maximum atomic E-state index is 6.31. The van der Waals surface area contributed by atoms with Crippen molar-refractivity contribution >= 4 is 23.2 Å². The van der Waals surface area contributed by atoms with Crippen molar-refractivity contribution in [3.05, 3.63) is 33.8 Å². The Balaban J connectivity index is 2.30. The second-order valence-electron chi connectivity index (χ2n) is 5.15. The van der Waals surface area contributed by atoms with Gasteiger partial charge in [0.15, 0.2) is 0 Å². The van der Waals surface area contributed by atoms with Crippen molar-refractivity contribution in [2.45, 2.75) is 38.6 Å². The lowest BCUT2D eigenvalue weighted by Gasteiger charge is -2.54. The van der Waals surface area contributed by atoms with E-state index in [2.05, 4.69) is 25.2 Å². The fraction of sp³-hybridized carbons (Fsp3) is 0.571. The van der Waals surface area contributed by atoms with Gasteiger partial charge in [-0.05, 0) is 48.9 Å². The van der Waals surface area contributed by atoms with Crippen LogP contribution in [-0.4, -0.2) is 13.1 Å². The van der Waals surface area contributed by atoms with Gasteiger partial charge in [-0.3, -0.25) is 0 Å². The highest BCUT2D eigenvalue weighted by Crippen LogP contribution is 2.56. The molecular formula is C14H19Cl2N. The van der Waals surface area contributed by atoms with Gasteiger partial charge in [0.25, 0.3) is 0 Å². The Bertz CT molecular complexity index is 419. The first-order valence-corrected chi connectivity index (χ1v) is 6.90. The largest absolute Gasteiger partial charge is 0.316 e. The van der Waals surface area contributed by atoms with Crippen molar-refractivity contribution in [1.82, 2.24) is 5.32 Å². The Morgan fingerprint density at radius 3 is 2.65 bits per heavy atom. The normalized spacial score (nSPS) is 32.3. The van der Waals surface area contributed by atoms with Crippen molar-refractivity contribution in [2.24, 2.45) is 5.41 Å². The molecule has 1 aliphatic carbocycles. The summed E-state index contributed by atoms with van der Waals surface area (Å²) in [6, 6.07) is 6.45. The minimum Gasteiger partial charge on any atom is -0.316 e. The number of nitrogens with one attached hydrogen (secondary N) is 1. The predicted octanol–water partition coefficient (Wildman–Crippen LogP) is 4.49. The van der Waals surface area contributed by atoms with Crippen LogP contribution in [0.3, 0.4) is 0 Å². The molecule has 1 saturated carbocycles. The second-order valence-corrected chi connectivity index (χ2v) is 6.00. The van der Waals surface area contributed by atoms with Gasteiger partial charge in [-0.15, -0.1) is 0 Å². The first kappa shape index (κ1) is 13.2. The summed E-state index contributed by atoms with van der Waals surface area (Å²) >= 11 is 12.3. The molecule has 0 spiro atoms. The lowest BCUT2D eigenvalue weighted by Crippen LogP contribution is -2.55. The Morgan fingerprint density at radius 2 is 2.12 bits per heavy atom. The maximum Gasteiger partial charge on any atom is 0.0455 e. The first-order valence-electron chi connectivity index (χ1n) is 6.15. The van der Waals surface area contributed by atoms with Crippen LogP contribution in [0.2, 0.25) is 10.0 Å². The van der Waals surface area contributed by atoms with Crippen molar-refractivity contribution < 1.29 is 0 Å². The van der Waals surface area contributed by atoms with E-state index in [-0.39, 0.29) is 0 Å². The molecule has 1 N–H and O–H groups in total. The molecule has 1 aromatic rings. The molecule has 0 saturated heterocycles.